The number of nitrogens with two attached hydrogens (primary N) is 1. The molecule has 3 heteroatoms. The number of anilines is 1. The topological polar surface area (TPSA) is 53.0 Å². The molecule has 1 aromatic carbocycles. The maximum Gasteiger partial charge on any atom is 0.101 e. The van der Waals surface area contributed by atoms with Crippen LogP contribution in [0.25, 0.3) is 0 Å². The largest absolute Gasteiger partial charge is 0.369 e. The molecule has 0 aliphatic heterocycles. The highest BCUT2D eigenvalue weighted by molar-refractivity contribution is 5.59. The van der Waals surface area contributed by atoms with Crippen molar-refractivity contribution in [2.24, 2.45) is 5.73 Å². The lowest BCUT2D eigenvalue weighted by atomic mass is 10.1. The highest BCUT2D eigenvalue weighted by Crippen LogP contribution is 2.19. The molecule has 2 N–H and O–H groups in total. The van der Waals surface area contributed by atoms with Gasteiger partial charge in [-0.25, -0.2) is 0 Å². The van der Waals surface area contributed by atoms with Crippen LogP contribution in [0.2, 0.25) is 0 Å². The van der Waals surface area contributed by atoms with Crippen molar-refractivity contribution in [3.8, 4) is 6.07 Å². The summed E-state index contributed by atoms with van der Waals surface area (Å²) >= 11 is 0. The summed E-state index contributed by atoms with van der Waals surface area (Å²) < 4.78 is 0. The quantitative estimate of drug-likeness (QED) is 0.794. The van der Waals surface area contributed by atoms with Crippen LogP contribution in [0.4, 0.5) is 5.69 Å². The zero-order valence-electron chi connectivity index (χ0n) is 9.82. The molecule has 16 heavy (non-hydrogen) atoms. The second-order valence-corrected chi connectivity index (χ2v) is 3.76. The van der Waals surface area contributed by atoms with Crippen LogP contribution in [0.15, 0.2) is 24.3 Å². The highest BCUT2D eigenvalue weighted by atomic mass is 15.1. The fourth-order valence-electron chi connectivity index (χ4n) is 1.70. The monoisotopic (exact) mass is 217 g/mol. The summed E-state index contributed by atoms with van der Waals surface area (Å²) in [5.41, 5.74) is 7.34. The average Bonchev–Trinajstić information content (AvgIpc) is 2.34. The maximum absolute atomic E-state index is 9.05. The minimum absolute atomic E-state index is 0.615. The number of rotatable bonds is 6. The van der Waals surface area contributed by atoms with Gasteiger partial charge in [0.25, 0.3) is 0 Å². The Kier molecular flexibility index (Phi) is 5.38. The summed E-state index contributed by atoms with van der Waals surface area (Å²) in [4.78, 5) is 2.20. The molecule has 0 unspecified atom stereocenters. The first-order chi connectivity index (χ1) is 7.83. The lowest BCUT2D eigenvalue weighted by Crippen LogP contribution is -2.30. The molecule has 0 heterocycles. The highest BCUT2D eigenvalue weighted by Gasteiger charge is 2.08. The van der Waals surface area contributed by atoms with Crippen LogP contribution in [-0.2, 0) is 0 Å². The van der Waals surface area contributed by atoms with E-state index in [1.807, 2.05) is 24.3 Å². The Labute approximate surface area is 97.5 Å². The molecule has 0 fully saturated rings. The van der Waals surface area contributed by atoms with Gasteiger partial charge in [-0.3, -0.25) is 0 Å². The Bertz CT molecular complexity index is 354. The molecule has 0 spiro atoms. The Morgan fingerprint density at radius 3 is 2.69 bits per heavy atom. The average molecular weight is 217 g/mol. The molecule has 0 radical (unpaired) electrons. The predicted octanol–water partition coefficient (Wildman–Crippen LogP) is 2.12. The fraction of sp³-hybridized carbons (Fsp3) is 0.462. The Morgan fingerprint density at radius 1 is 1.31 bits per heavy atom. The maximum atomic E-state index is 9.05. The van der Waals surface area contributed by atoms with Crippen LogP contribution in [0, 0.1) is 11.3 Å². The predicted molar refractivity (Wildman–Crippen MR) is 67.3 cm³/mol. The third-order valence-electron chi connectivity index (χ3n) is 2.55. The molecule has 0 aliphatic rings. The molecule has 0 saturated carbocycles. The molecule has 0 amide bonds. The van der Waals surface area contributed by atoms with Crippen molar-refractivity contribution in [1.29, 1.82) is 5.26 Å². The number of unbranched alkanes of at least 4 members (excludes halogenated alkanes) is 1. The van der Waals surface area contributed by atoms with Crippen molar-refractivity contribution in [2.75, 3.05) is 24.5 Å². The summed E-state index contributed by atoms with van der Waals surface area (Å²) in [7, 11) is 0. The number of benzene rings is 1. The van der Waals surface area contributed by atoms with Crippen molar-refractivity contribution in [3.63, 3.8) is 0 Å². The van der Waals surface area contributed by atoms with E-state index in [4.69, 9.17) is 11.0 Å². The first-order valence-corrected chi connectivity index (χ1v) is 5.77. The van der Waals surface area contributed by atoms with Gasteiger partial charge in [0, 0.05) is 19.6 Å². The van der Waals surface area contributed by atoms with E-state index in [2.05, 4.69) is 17.9 Å². The lowest BCUT2D eigenvalue weighted by molar-refractivity contribution is 0.715. The smallest absolute Gasteiger partial charge is 0.101 e. The van der Waals surface area contributed by atoms with Crippen LogP contribution >= 0.6 is 0 Å². The molecule has 0 bridgehead atoms. The van der Waals surface area contributed by atoms with Gasteiger partial charge in [-0.1, -0.05) is 25.5 Å². The molecule has 1 rings (SSSR count). The van der Waals surface area contributed by atoms with Gasteiger partial charge in [0.05, 0.1) is 11.3 Å². The molecule has 3 nitrogen and oxygen atoms in total. The van der Waals surface area contributed by atoms with Gasteiger partial charge in [-0.15, -0.1) is 0 Å². The van der Waals surface area contributed by atoms with Crippen LogP contribution in [0.5, 0.6) is 0 Å². The van der Waals surface area contributed by atoms with Gasteiger partial charge >= 0.3 is 0 Å². The third kappa shape index (κ3) is 3.25. The van der Waals surface area contributed by atoms with E-state index in [1.165, 1.54) is 0 Å². The number of hydrogen-bond acceptors (Lipinski definition) is 3. The van der Waals surface area contributed by atoms with Gasteiger partial charge < -0.3 is 10.6 Å². The minimum Gasteiger partial charge on any atom is -0.369 e. The van der Waals surface area contributed by atoms with E-state index < -0.39 is 0 Å². The van der Waals surface area contributed by atoms with E-state index in [-0.39, 0.29) is 0 Å². The second-order valence-electron chi connectivity index (χ2n) is 3.76. The van der Waals surface area contributed by atoms with Gasteiger partial charge in [-0.2, -0.15) is 5.26 Å². The summed E-state index contributed by atoms with van der Waals surface area (Å²) in [5, 5.41) is 9.05. The van der Waals surface area contributed by atoms with E-state index >= 15 is 0 Å². The van der Waals surface area contributed by atoms with E-state index in [0.717, 1.165) is 37.2 Å². The van der Waals surface area contributed by atoms with E-state index in [1.54, 1.807) is 0 Å². The van der Waals surface area contributed by atoms with Crippen LogP contribution < -0.4 is 10.6 Å². The zero-order valence-corrected chi connectivity index (χ0v) is 9.82. The second kappa shape index (κ2) is 6.86. The molecule has 0 aliphatic carbocycles. The normalized spacial score (nSPS) is 9.81. The van der Waals surface area contributed by atoms with Crippen LogP contribution in [0.1, 0.15) is 25.3 Å². The zero-order chi connectivity index (χ0) is 11.8. The number of nitriles is 1. The van der Waals surface area contributed by atoms with E-state index in [0.29, 0.717) is 6.54 Å². The number of hydrogen-bond donors (Lipinski definition) is 1. The van der Waals surface area contributed by atoms with Gasteiger partial charge in [-0.05, 0) is 18.6 Å². The molecule has 0 atom stereocenters. The van der Waals surface area contributed by atoms with Crippen molar-refractivity contribution in [3.05, 3.63) is 29.8 Å². The number of para-hydroxylation sites is 1. The van der Waals surface area contributed by atoms with E-state index in [9.17, 15) is 0 Å². The van der Waals surface area contributed by atoms with Crippen molar-refractivity contribution in [1.82, 2.24) is 0 Å². The minimum atomic E-state index is 0.615. The fourth-order valence-corrected chi connectivity index (χ4v) is 1.70. The van der Waals surface area contributed by atoms with Crippen molar-refractivity contribution in [2.45, 2.75) is 19.8 Å². The molecule has 0 saturated heterocycles. The molecule has 1 aromatic rings. The summed E-state index contributed by atoms with van der Waals surface area (Å²) in [5.74, 6) is 0. The Morgan fingerprint density at radius 2 is 2.06 bits per heavy atom. The SMILES string of the molecule is CCCCN(CCN)c1ccccc1C#N. The number of nitrogens with zero attached hydrogens (tertiary/aromatic N) is 2. The van der Waals surface area contributed by atoms with Crippen molar-refractivity contribution >= 4 is 5.69 Å². The third-order valence-corrected chi connectivity index (χ3v) is 2.55. The van der Waals surface area contributed by atoms with Crippen LogP contribution in [0.3, 0.4) is 0 Å². The summed E-state index contributed by atoms with van der Waals surface area (Å²) in [6.07, 6.45) is 2.27. The first kappa shape index (κ1) is 12.5. The van der Waals surface area contributed by atoms with Crippen LogP contribution in [-0.4, -0.2) is 19.6 Å². The molecular weight excluding hydrogens is 198 g/mol. The summed E-state index contributed by atoms with van der Waals surface area (Å²) in [6, 6.07) is 9.93. The van der Waals surface area contributed by atoms with Crippen molar-refractivity contribution < 1.29 is 0 Å². The molecule has 0 aromatic heterocycles. The standard InChI is InChI=1S/C13H19N3/c1-2-3-9-16(10-8-14)13-7-5-4-6-12(13)11-15/h4-7H,2-3,8-10,14H2,1H3. The van der Waals surface area contributed by atoms with Gasteiger partial charge in [0.15, 0.2) is 0 Å². The molecule has 86 valence electrons. The first-order valence-electron chi connectivity index (χ1n) is 5.77. The van der Waals surface area contributed by atoms with Gasteiger partial charge in [0.1, 0.15) is 6.07 Å². The van der Waals surface area contributed by atoms with Gasteiger partial charge in [0.2, 0.25) is 0 Å². The Hall–Kier alpha value is -1.53. The Balaban J connectivity index is 2.87. The summed E-state index contributed by atoms with van der Waals surface area (Å²) in [6.45, 7) is 4.55. The lowest BCUT2D eigenvalue weighted by Gasteiger charge is -2.24. The molecular formula is C13H19N3.